The van der Waals surface area contributed by atoms with Gasteiger partial charge in [-0.1, -0.05) is 58.4 Å². The zero-order valence-electron chi connectivity index (χ0n) is 10.1. The van der Waals surface area contributed by atoms with Crippen molar-refractivity contribution >= 4 is 27.8 Å². The van der Waals surface area contributed by atoms with E-state index in [4.69, 9.17) is 0 Å². The van der Waals surface area contributed by atoms with E-state index < -0.39 is 0 Å². The number of ketones is 1. The Morgan fingerprint density at radius 1 is 1.11 bits per heavy atom. The summed E-state index contributed by atoms with van der Waals surface area (Å²) in [5.41, 5.74) is 2.76. The minimum atomic E-state index is 0.0353. The molecule has 2 aromatic carbocycles. The van der Waals surface area contributed by atoms with E-state index in [1.165, 1.54) is 0 Å². The van der Waals surface area contributed by atoms with Crippen molar-refractivity contribution in [1.82, 2.24) is 0 Å². The molecular weight excluding hydrogens is 288 g/mol. The van der Waals surface area contributed by atoms with E-state index in [0.29, 0.717) is 0 Å². The zero-order valence-corrected chi connectivity index (χ0v) is 11.6. The van der Waals surface area contributed by atoms with Crippen LogP contribution in [0.15, 0.2) is 59.1 Å². The monoisotopic (exact) mass is 300 g/mol. The molecule has 18 heavy (non-hydrogen) atoms. The highest BCUT2D eigenvalue weighted by atomic mass is 79.9. The highest BCUT2D eigenvalue weighted by Crippen LogP contribution is 2.14. The Kier molecular flexibility index (Phi) is 4.11. The second kappa shape index (κ2) is 5.78. The van der Waals surface area contributed by atoms with Gasteiger partial charge in [-0.3, -0.25) is 4.79 Å². The van der Waals surface area contributed by atoms with Gasteiger partial charge in [0.1, 0.15) is 0 Å². The molecule has 2 rings (SSSR count). The van der Waals surface area contributed by atoms with Crippen molar-refractivity contribution in [3.8, 4) is 0 Å². The smallest absolute Gasteiger partial charge is 0.186 e. The molecule has 0 aromatic heterocycles. The first-order valence-electron chi connectivity index (χ1n) is 5.70. The summed E-state index contributed by atoms with van der Waals surface area (Å²) in [5.74, 6) is 0.0353. The molecular formula is C16H13BrO. The first-order chi connectivity index (χ1) is 8.66. The molecule has 0 unspecified atom stereocenters. The van der Waals surface area contributed by atoms with Gasteiger partial charge in [0.15, 0.2) is 5.78 Å². The van der Waals surface area contributed by atoms with Crippen molar-refractivity contribution < 1.29 is 4.79 Å². The lowest BCUT2D eigenvalue weighted by atomic mass is 10.0. The van der Waals surface area contributed by atoms with E-state index in [0.717, 1.165) is 21.2 Å². The summed E-state index contributed by atoms with van der Waals surface area (Å²) >= 11 is 3.41. The molecule has 0 bridgehead atoms. The van der Waals surface area contributed by atoms with Crippen molar-refractivity contribution in [3.63, 3.8) is 0 Å². The van der Waals surface area contributed by atoms with Gasteiger partial charge < -0.3 is 0 Å². The van der Waals surface area contributed by atoms with Crippen molar-refractivity contribution in [3.05, 3.63) is 75.8 Å². The van der Waals surface area contributed by atoms with Gasteiger partial charge in [-0.05, 0) is 36.3 Å². The van der Waals surface area contributed by atoms with Gasteiger partial charge in [0.25, 0.3) is 0 Å². The molecule has 2 aromatic rings. The van der Waals surface area contributed by atoms with Gasteiger partial charge in [-0.15, -0.1) is 0 Å². The Balaban J connectivity index is 2.20. The summed E-state index contributed by atoms with van der Waals surface area (Å²) in [7, 11) is 0. The predicted molar refractivity (Wildman–Crippen MR) is 78.7 cm³/mol. The van der Waals surface area contributed by atoms with Gasteiger partial charge in [-0.25, -0.2) is 0 Å². The SMILES string of the molecule is Cc1ccccc1C(=O)C=Cc1cccc(Br)c1. The Bertz CT molecular complexity index is 600. The fraction of sp³-hybridized carbons (Fsp3) is 0.0625. The van der Waals surface area contributed by atoms with Gasteiger partial charge in [0.05, 0.1) is 0 Å². The average Bonchev–Trinajstić information content (AvgIpc) is 2.37. The van der Waals surface area contributed by atoms with Crippen molar-refractivity contribution in [1.29, 1.82) is 0 Å². The van der Waals surface area contributed by atoms with Crippen LogP contribution in [0.5, 0.6) is 0 Å². The highest BCUT2D eigenvalue weighted by Gasteiger charge is 2.03. The number of benzene rings is 2. The van der Waals surface area contributed by atoms with Crippen LogP contribution in [0.4, 0.5) is 0 Å². The number of rotatable bonds is 3. The van der Waals surface area contributed by atoms with E-state index >= 15 is 0 Å². The summed E-state index contributed by atoms with van der Waals surface area (Å²) in [6, 6.07) is 15.5. The van der Waals surface area contributed by atoms with Crippen molar-refractivity contribution in [2.24, 2.45) is 0 Å². The van der Waals surface area contributed by atoms with Crippen LogP contribution in [0, 0.1) is 6.92 Å². The molecule has 0 aliphatic carbocycles. The predicted octanol–water partition coefficient (Wildman–Crippen LogP) is 4.65. The molecule has 0 fully saturated rings. The highest BCUT2D eigenvalue weighted by molar-refractivity contribution is 9.10. The first kappa shape index (κ1) is 12.8. The molecule has 0 aliphatic rings. The van der Waals surface area contributed by atoms with Crippen molar-refractivity contribution in [2.75, 3.05) is 0 Å². The molecule has 0 saturated carbocycles. The van der Waals surface area contributed by atoms with Crippen molar-refractivity contribution in [2.45, 2.75) is 6.92 Å². The number of hydrogen-bond acceptors (Lipinski definition) is 1. The third kappa shape index (κ3) is 3.17. The first-order valence-corrected chi connectivity index (χ1v) is 6.50. The third-order valence-electron chi connectivity index (χ3n) is 2.69. The maximum absolute atomic E-state index is 12.0. The van der Waals surface area contributed by atoms with E-state index in [1.807, 2.05) is 61.5 Å². The third-order valence-corrected chi connectivity index (χ3v) is 3.18. The van der Waals surface area contributed by atoms with E-state index in [2.05, 4.69) is 15.9 Å². The number of aryl methyl sites for hydroxylation is 1. The van der Waals surface area contributed by atoms with Crippen LogP contribution in [-0.4, -0.2) is 5.78 Å². The van der Waals surface area contributed by atoms with Crippen LogP contribution in [0.2, 0.25) is 0 Å². The quantitative estimate of drug-likeness (QED) is 0.595. The minimum Gasteiger partial charge on any atom is -0.289 e. The normalized spacial score (nSPS) is 10.8. The largest absolute Gasteiger partial charge is 0.289 e. The number of hydrogen-bond donors (Lipinski definition) is 0. The summed E-state index contributed by atoms with van der Waals surface area (Å²) in [5, 5.41) is 0. The van der Waals surface area contributed by atoms with Crippen LogP contribution in [0.3, 0.4) is 0 Å². The fourth-order valence-electron chi connectivity index (χ4n) is 1.72. The van der Waals surface area contributed by atoms with E-state index in [9.17, 15) is 4.79 Å². The zero-order chi connectivity index (χ0) is 13.0. The maximum atomic E-state index is 12.0. The molecule has 0 saturated heterocycles. The number of halogens is 1. The lowest BCUT2D eigenvalue weighted by Crippen LogP contribution is -1.96. The minimum absolute atomic E-state index is 0.0353. The van der Waals surface area contributed by atoms with E-state index in [-0.39, 0.29) is 5.78 Å². The number of carbonyl (C=O) groups is 1. The number of carbonyl (C=O) groups excluding carboxylic acids is 1. The molecule has 0 radical (unpaired) electrons. The topological polar surface area (TPSA) is 17.1 Å². The molecule has 90 valence electrons. The van der Waals surface area contributed by atoms with Gasteiger partial charge in [0, 0.05) is 10.0 Å². The molecule has 0 atom stereocenters. The summed E-state index contributed by atoms with van der Waals surface area (Å²) in [6.07, 6.45) is 3.45. The van der Waals surface area contributed by atoms with Crippen LogP contribution in [0.1, 0.15) is 21.5 Å². The molecule has 0 amide bonds. The second-order valence-electron chi connectivity index (χ2n) is 4.07. The molecule has 0 spiro atoms. The maximum Gasteiger partial charge on any atom is 0.186 e. The molecule has 2 heteroatoms. The second-order valence-corrected chi connectivity index (χ2v) is 4.98. The summed E-state index contributed by atoms with van der Waals surface area (Å²) in [6.45, 7) is 1.94. The lowest BCUT2D eigenvalue weighted by Gasteiger charge is -2.00. The number of allylic oxidation sites excluding steroid dienone is 1. The van der Waals surface area contributed by atoms with Crippen LogP contribution < -0.4 is 0 Å². The van der Waals surface area contributed by atoms with Crippen LogP contribution in [0.25, 0.3) is 6.08 Å². The Morgan fingerprint density at radius 2 is 1.89 bits per heavy atom. The Morgan fingerprint density at radius 3 is 2.61 bits per heavy atom. The van der Waals surface area contributed by atoms with Crippen LogP contribution in [-0.2, 0) is 0 Å². The fourth-order valence-corrected chi connectivity index (χ4v) is 2.14. The Hall–Kier alpha value is -1.67. The van der Waals surface area contributed by atoms with Gasteiger partial charge in [-0.2, -0.15) is 0 Å². The molecule has 0 heterocycles. The van der Waals surface area contributed by atoms with Gasteiger partial charge >= 0.3 is 0 Å². The lowest BCUT2D eigenvalue weighted by molar-refractivity contribution is 0.104. The molecule has 1 nitrogen and oxygen atoms in total. The standard InChI is InChI=1S/C16H13BrO/c1-12-5-2-3-8-15(12)16(18)10-9-13-6-4-7-14(17)11-13/h2-11H,1H3. The van der Waals surface area contributed by atoms with E-state index in [1.54, 1.807) is 6.08 Å². The Labute approximate surface area is 115 Å². The van der Waals surface area contributed by atoms with Gasteiger partial charge in [0.2, 0.25) is 0 Å². The summed E-state index contributed by atoms with van der Waals surface area (Å²) in [4.78, 5) is 12.0. The summed E-state index contributed by atoms with van der Waals surface area (Å²) < 4.78 is 1.01. The van der Waals surface area contributed by atoms with Crippen LogP contribution >= 0.6 is 15.9 Å². The average molecular weight is 301 g/mol. The molecule has 0 N–H and O–H groups in total. The molecule has 0 aliphatic heterocycles.